The van der Waals surface area contributed by atoms with Crippen LogP contribution in [0.4, 0.5) is 0 Å². The van der Waals surface area contributed by atoms with Crippen LogP contribution in [0.3, 0.4) is 0 Å². The van der Waals surface area contributed by atoms with E-state index >= 15 is 0 Å². The molecule has 0 saturated heterocycles. The van der Waals surface area contributed by atoms with Gasteiger partial charge in [-0.25, -0.2) is 0 Å². The van der Waals surface area contributed by atoms with Crippen molar-refractivity contribution in [1.82, 2.24) is 0 Å². The van der Waals surface area contributed by atoms with Gasteiger partial charge < -0.3 is 0 Å². The van der Waals surface area contributed by atoms with Gasteiger partial charge in [-0.3, -0.25) is 0 Å². The van der Waals surface area contributed by atoms with Gasteiger partial charge in [0.2, 0.25) is 0 Å². The molecule has 12 heavy (non-hydrogen) atoms. The van der Waals surface area contributed by atoms with Crippen molar-refractivity contribution in [3.05, 3.63) is 28.2 Å². The fraction of sp³-hybridized carbons (Fsp3) is 0.400. The highest BCUT2D eigenvalue weighted by atomic mass is 79.9. The number of thioether (sulfide) groups is 1. The SMILES string of the molecule is CCCSc1cc(C)cc(Br)c1. The van der Waals surface area contributed by atoms with Crippen molar-refractivity contribution in [1.29, 1.82) is 0 Å². The molecule has 0 fully saturated rings. The highest BCUT2D eigenvalue weighted by Crippen LogP contribution is 2.24. The lowest BCUT2D eigenvalue weighted by atomic mass is 10.2. The molecule has 66 valence electrons. The van der Waals surface area contributed by atoms with Gasteiger partial charge in [0, 0.05) is 9.37 Å². The van der Waals surface area contributed by atoms with Gasteiger partial charge in [-0.15, -0.1) is 11.8 Å². The Morgan fingerprint density at radius 2 is 2.08 bits per heavy atom. The first kappa shape index (κ1) is 10.1. The van der Waals surface area contributed by atoms with Crippen LogP contribution < -0.4 is 0 Å². The van der Waals surface area contributed by atoms with Crippen LogP contribution in [0.2, 0.25) is 0 Å². The van der Waals surface area contributed by atoms with Crippen LogP contribution in [-0.2, 0) is 0 Å². The van der Waals surface area contributed by atoms with Gasteiger partial charge in [-0.2, -0.15) is 0 Å². The molecule has 0 aliphatic heterocycles. The van der Waals surface area contributed by atoms with E-state index in [9.17, 15) is 0 Å². The molecule has 0 unspecified atom stereocenters. The highest BCUT2D eigenvalue weighted by Gasteiger charge is 1.95. The summed E-state index contributed by atoms with van der Waals surface area (Å²) in [5.74, 6) is 1.20. The van der Waals surface area contributed by atoms with Gasteiger partial charge in [0.05, 0.1) is 0 Å². The summed E-state index contributed by atoms with van der Waals surface area (Å²) in [4.78, 5) is 1.36. The third-order valence-corrected chi connectivity index (χ3v) is 3.13. The third kappa shape index (κ3) is 3.20. The van der Waals surface area contributed by atoms with Crippen molar-refractivity contribution in [2.75, 3.05) is 5.75 Å². The summed E-state index contributed by atoms with van der Waals surface area (Å²) in [5.41, 5.74) is 1.32. The van der Waals surface area contributed by atoms with Crippen LogP contribution in [0.5, 0.6) is 0 Å². The molecule has 0 N–H and O–H groups in total. The predicted molar refractivity (Wildman–Crippen MR) is 59.9 cm³/mol. The zero-order valence-electron chi connectivity index (χ0n) is 7.43. The normalized spacial score (nSPS) is 10.2. The first-order chi connectivity index (χ1) is 5.72. The van der Waals surface area contributed by atoms with E-state index in [-0.39, 0.29) is 0 Å². The smallest absolute Gasteiger partial charge is 0.0189 e. The topological polar surface area (TPSA) is 0 Å². The Morgan fingerprint density at radius 1 is 1.33 bits per heavy atom. The molecule has 1 aromatic rings. The number of hydrogen-bond acceptors (Lipinski definition) is 1. The average Bonchev–Trinajstić information content (AvgIpc) is 1.99. The Balaban J connectivity index is 2.72. The minimum absolute atomic E-state index is 1.18. The first-order valence-corrected chi connectivity index (χ1v) is 5.90. The minimum Gasteiger partial charge on any atom is -0.126 e. The summed E-state index contributed by atoms with van der Waals surface area (Å²) in [6.07, 6.45) is 1.23. The Morgan fingerprint density at radius 3 is 2.67 bits per heavy atom. The zero-order chi connectivity index (χ0) is 8.97. The molecule has 0 aromatic heterocycles. The largest absolute Gasteiger partial charge is 0.126 e. The Labute approximate surface area is 86.9 Å². The summed E-state index contributed by atoms with van der Waals surface area (Å²) in [6.45, 7) is 4.33. The minimum atomic E-state index is 1.18. The van der Waals surface area contributed by atoms with Gasteiger partial charge in [0.1, 0.15) is 0 Å². The molecule has 1 aromatic carbocycles. The molecule has 0 bridgehead atoms. The fourth-order valence-electron chi connectivity index (χ4n) is 1.01. The van der Waals surface area contributed by atoms with E-state index in [2.05, 4.69) is 48.0 Å². The third-order valence-electron chi connectivity index (χ3n) is 1.49. The number of benzene rings is 1. The number of halogens is 1. The summed E-state index contributed by atoms with van der Waals surface area (Å²) in [7, 11) is 0. The zero-order valence-corrected chi connectivity index (χ0v) is 9.83. The van der Waals surface area contributed by atoms with E-state index in [1.165, 1.54) is 27.1 Å². The van der Waals surface area contributed by atoms with E-state index in [1.807, 2.05) is 11.8 Å². The maximum Gasteiger partial charge on any atom is 0.0189 e. The number of hydrogen-bond donors (Lipinski definition) is 0. The first-order valence-electron chi connectivity index (χ1n) is 4.12. The number of aryl methyl sites for hydroxylation is 1. The maximum absolute atomic E-state index is 3.49. The van der Waals surface area contributed by atoms with E-state index in [1.54, 1.807) is 0 Å². The maximum atomic E-state index is 3.49. The van der Waals surface area contributed by atoms with Crippen LogP contribution in [0.25, 0.3) is 0 Å². The molecular weight excluding hydrogens is 232 g/mol. The molecule has 0 amide bonds. The lowest BCUT2D eigenvalue weighted by Gasteiger charge is -2.02. The van der Waals surface area contributed by atoms with Crippen LogP contribution in [0.1, 0.15) is 18.9 Å². The molecule has 2 heteroatoms. The average molecular weight is 245 g/mol. The van der Waals surface area contributed by atoms with Crippen molar-refractivity contribution in [3.63, 3.8) is 0 Å². The Hall–Kier alpha value is 0.0500. The molecule has 0 atom stereocenters. The predicted octanol–water partition coefficient (Wildman–Crippen LogP) is 4.26. The fourth-order valence-corrected chi connectivity index (χ4v) is 2.68. The van der Waals surface area contributed by atoms with Gasteiger partial charge in [-0.1, -0.05) is 22.9 Å². The molecule has 0 aliphatic carbocycles. The standard InChI is InChI=1S/C10H13BrS/c1-3-4-12-10-6-8(2)5-9(11)7-10/h5-7H,3-4H2,1-2H3. The molecule has 0 nitrogen and oxygen atoms in total. The summed E-state index contributed by atoms with van der Waals surface area (Å²) < 4.78 is 1.18. The Kier molecular flexibility index (Phi) is 4.16. The molecule has 0 saturated carbocycles. The molecule has 0 spiro atoms. The van der Waals surface area contributed by atoms with Crippen molar-refractivity contribution in [2.45, 2.75) is 25.2 Å². The van der Waals surface area contributed by atoms with Gasteiger partial charge in [0.15, 0.2) is 0 Å². The van der Waals surface area contributed by atoms with Crippen molar-refractivity contribution < 1.29 is 0 Å². The van der Waals surface area contributed by atoms with E-state index in [0.29, 0.717) is 0 Å². The molecule has 1 rings (SSSR count). The molecular formula is C10H13BrS. The van der Waals surface area contributed by atoms with Crippen LogP contribution in [0, 0.1) is 6.92 Å². The second kappa shape index (κ2) is 4.93. The summed E-state index contributed by atoms with van der Waals surface area (Å²) in [6, 6.07) is 6.54. The van der Waals surface area contributed by atoms with Crippen molar-refractivity contribution in [2.24, 2.45) is 0 Å². The van der Waals surface area contributed by atoms with Crippen molar-refractivity contribution >= 4 is 27.7 Å². The number of rotatable bonds is 3. The molecule has 0 radical (unpaired) electrons. The second-order valence-corrected chi connectivity index (χ2v) is 4.90. The van der Waals surface area contributed by atoms with Gasteiger partial charge in [0.25, 0.3) is 0 Å². The lowest BCUT2D eigenvalue weighted by Crippen LogP contribution is -1.78. The van der Waals surface area contributed by atoms with E-state index in [0.717, 1.165) is 0 Å². The Bertz CT molecular complexity index is 238. The summed E-state index contributed by atoms with van der Waals surface area (Å²) in [5, 5.41) is 0. The quantitative estimate of drug-likeness (QED) is 0.717. The van der Waals surface area contributed by atoms with E-state index in [4.69, 9.17) is 0 Å². The van der Waals surface area contributed by atoms with Crippen LogP contribution >= 0.6 is 27.7 Å². The highest BCUT2D eigenvalue weighted by molar-refractivity contribution is 9.10. The van der Waals surface area contributed by atoms with Crippen LogP contribution in [-0.4, -0.2) is 5.75 Å². The molecule has 0 aliphatic rings. The lowest BCUT2D eigenvalue weighted by molar-refractivity contribution is 1.10. The molecule has 0 heterocycles. The van der Waals surface area contributed by atoms with Gasteiger partial charge >= 0.3 is 0 Å². The monoisotopic (exact) mass is 244 g/mol. The van der Waals surface area contributed by atoms with E-state index < -0.39 is 0 Å². The summed E-state index contributed by atoms with van der Waals surface area (Å²) >= 11 is 5.41. The van der Waals surface area contributed by atoms with Crippen LogP contribution in [0.15, 0.2) is 27.6 Å². The van der Waals surface area contributed by atoms with Crippen molar-refractivity contribution in [3.8, 4) is 0 Å². The van der Waals surface area contributed by atoms with Gasteiger partial charge in [-0.05, 0) is 42.9 Å². The second-order valence-electron chi connectivity index (χ2n) is 2.81.